The van der Waals surface area contributed by atoms with E-state index in [1.54, 1.807) is 35.0 Å². The molecule has 25 heavy (non-hydrogen) atoms. The fraction of sp³-hybridized carbons (Fsp3) is 0.429. The Bertz CT molecular complexity index is 687. The number of carbonyl (C=O) groups is 1. The highest BCUT2D eigenvalue weighted by molar-refractivity contribution is 6.03. The lowest BCUT2D eigenvalue weighted by atomic mass is 10.2. The zero-order valence-electron chi connectivity index (χ0n) is 15.8. The fourth-order valence-corrected chi connectivity index (χ4v) is 2.87. The fourth-order valence-electron chi connectivity index (χ4n) is 2.87. The number of carbonyl (C=O) groups excluding carboxylic acids is 1. The van der Waals surface area contributed by atoms with Crippen LogP contribution < -0.4 is 10.9 Å². The van der Waals surface area contributed by atoms with Crippen molar-refractivity contribution in [1.29, 1.82) is 0 Å². The van der Waals surface area contributed by atoms with Gasteiger partial charge in [0, 0.05) is 17.9 Å². The van der Waals surface area contributed by atoms with E-state index in [2.05, 4.69) is 5.32 Å². The van der Waals surface area contributed by atoms with Crippen molar-refractivity contribution >= 4 is 11.6 Å². The third-order valence-electron chi connectivity index (χ3n) is 3.97. The van der Waals surface area contributed by atoms with Crippen molar-refractivity contribution in [2.24, 2.45) is 0 Å². The van der Waals surface area contributed by atoms with Gasteiger partial charge in [-0.05, 0) is 37.1 Å². The first kappa shape index (κ1) is 20.7. The molecule has 0 atom stereocenters. The molecule has 1 aromatic heterocycles. The molecule has 0 bridgehead atoms. The van der Waals surface area contributed by atoms with E-state index < -0.39 is 0 Å². The van der Waals surface area contributed by atoms with Gasteiger partial charge < -0.3 is 9.88 Å². The maximum absolute atomic E-state index is 12.5. The van der Waals surface area contributed by atoms with E-state index in [1.165, 1.54) is 0 Å². The highest BCUT2D eigenvalue weighted by Crippen LogP contribution is 2.28. The van der Waals surface area contributed by atoms with Gasteiger partial charge in [-0.25, -0.2) is 0 Å². The van der Waals surface area contributed by atoms with E-state index in [0.29, 0.717) is 5.69 Å². The monoisotopic (exact) mass is 342 g/mol. The summed E-state index contributed by atoms with van der Waals surface area (Å²) in [6.45, 7) is 8.00. The number of nitrogens with zero attached hydrogens (tertiary/aromatic N) is 1. The highest BCUT2D eigenvalue weighted by Gasteiger charge is 2.20. The van der Waals surface area contributed by atoms with Crippen LogP contribution in [0.2, 0.25) is 0 Å². The lowest BCUT2D eigenvalue weighted by Crippen LogP contribution is -2.30. The molecule has 4 nitrogen and oxygen atoms in total. The van der Waals surface area contributed by atoms with Crippen LogP contribution in [0.25, 0.3) is 0 Å². The van der Waals surface area contributed by atoms with E-state index in [4.69, 9.17) is 0 Å². The van der Waals surface area contributed by atoms with Gasteiger partial charge in [0.25, 0.3) is 11.5 Å². The summed E-state index contributed by atoms with van der Waals surface area (Å²) < 4.78 is 1.72. The molecule has 0 aliphatic heterocycles. The second-order valence-corrected chi connectivity index (χ2v) is 5.39. The minimum Gasteiger partial charge on any atom is -0.322 e. The first-order chi connectivity index (χ1) is 12.3. The van der Waals surface area contributed by atoms with Crippen LogP contribution in [0.15, 0.2) is 53.5 Å². The van der Waals surface area contributed by atoms with Gasteiger partial charge in [-0.1, -0.05) is 58.7 Å². The standard InChI is InChI=1S/C17H18N2O2.2C2H6/c20-16(18-13-7-2-1-3-8-13)15-11-6-12-19(17(15)21)14-9-4-5-10-14;2*1-2/h1-3,6-8,11-12,14H,4-5,9-10H2,(H,18,20);2*1-2H3. The summed E-state index contributed by atoms with van der Waals surface area (Å²) in [5.41, 5.74) is 0.698. The molecule has 1 aliphatic rings. The summed E-state index contributed by atoms with van der Waals surface area (Å²) in [4.78, 5) is 24.8. The van der Waals surface area contributed by atoms with E-state index in [1.807, 2.05) is 45.9 Å². The maximum atomic E-state index is 12.5. The zero-order valence-corrected chi connectivity index (χ0v) is 15.8. The van der Waals surface area contributed by atoms with Crippen molar-refractivity contribution in [2.45, 2.75) is 59.4 Å². The van der Waals surface area contributed by atoms with Gasteiger partial charge in [0.15, 0.2) is 0 Å². The summed E-state index contributed by atoms with van der Waals surface area (Å²) in [6, 6.07) is 12.8. The predicted molar refractivity (Wildman–Crippen MR) is 105 cm³/mol. The van der Waals surface area contributed by atoms with E-state index in [-0.39, 0.29) is 23.1 Å². The molecule has 1 aromatic carbocycles. The average Bonchev–Trinajstić information content (AvgIpc) is 3.20. The molecule has 1 aliphatic carbocycles. The normalized spacial score (nSPS) is 13.1. The number of para-hydroxylation sites is 1. The van der Waals surface area contributed by atoms with Crippen LogP contribution in [-0.4, -0.2) is 10.5 Å². The van der Waals surface area contributed by atoms with Gasteiger partial charge in [0.05, 0.1) is 0 Å². The SMILES string of the molecule is CC.CC.O=C(Nc1ccccc1)c1cccn(C2CCCC2)c1=O. The highest BCUT2D eigenvalue weighted by atomic mass is 16.2. The Balaban J connectivity index is 0.000000730. The van der Waals surface area contributed by atoms with Crippen molar-refractivity contribution in [3.8, 4) is 0 Å². The van der Waals surface area contributed by atoms with Crippen LogP contribution in [0, 0.1) is 0 Å². The quantitative estimate of drug-likeness (QED) is 0.826. The number of rotatable bonds is 3. The Morgan fingerprint density at radius 3 is 2.16 bits per heavy atom. The molecule has 1 fully saturated rings. The molecule has 1 N–H and O–H groups in total. The van der Waals surface area contributed by atoms with Crippen LogP contribution in [0.1, 0.15) is 69.8 Å². The van der Waals surface area contributed by atoms with Crippen molar-refractivity contribution < 1.29 is 4.79 Å². The third-order valence-corrected chi connectivity index (χ3v) is 3.97. The third kappa shape index (κ3) is 5.59. The Labute approximate surface area is 150 Å². The molecule has 1 saturated carbocycles. The molecule has 0 unspecified atom stereocenters. The molecule has 1 heterocycles. The molecule has 0 saturated heterocycles. The maximum Gasteiger partial charge on any atom is 0.263 e. The lowest BCUT2D eigenvalue weighted by Gasteiger charge is -2.14. The predicted octanol–water partition coefficient (Wildman–Crippen LogP) is 5.27. The van der Waals surface area contributed by atoms with Crippen molar-refractivity contribution in [1.82, 2.24) is 4.57 Å². The van der Waals surface area contributed by atoms with Crippen molar-refractivity contribution in [3.05, 3.63) is 64.6 Å². The Hall–Kier alpha value is -2.36. The number of hydrogen-bond acceptors (Lipinski definition) is 2. The summed E-state index contributed by atoms with van der Waals surface area (Å²) in [6.07, 6.45) is 6.13. The molecule has 1 amide bonds. The number of hydrogen-bond donors (Lipinski definition) is 1. The largest absolute Gasteiger partial charge is 0.322 e. The summed E-state index contributed by atoms with van der Waals surface area (Å²) >= 11 is 0. The van der Waals surface area contributed by atoms with Crippen LogP contribution in [0.5, 0.6) is 0 Å². The number of benzene rings is 1. The van der Waals surface area contributed by atoms with Gasteiger partial charge in [0.1, 0.15) is 5.56 Å². The smallest absolute Gasteiger partial charge is 0.263 e. The minimum absolute atomic E-state index is 0.196. The van der Waals surface area contributed by atoms with Crippen LogP contribution in [-0.2, 0) is 0 Å². The van der Waals surface area contributed by atoms with Gasteiger partial charge in [-0.2, -0.15) is 0 Å². The summed E-state index contributed by atoms with van der Waals surface area (Å²) in [5, 5.41) is 2.76. The molecular formula is C21H30N2O2. The first-order valence-electron chi connectivity index (χ1n) is 9.33. The van der Waals surface area contributed by atoms with Crippen molar-refractivity contribution in [3.63, 3.8) is 0 Å². The Morgan fingerprint density at radius 2 is 1.56 bits per heavy atom. The van der Waals surface area contributed by atoms with Gasteiger partial charge in [-0.3, -0.25) is 9.59 Å². The van der Waals surface area contributed by atoms with Crippen molar-refractivity contribution in [2.75, 3.05) is 5.32 Å². The number of pyridine rings is 1. The molecule has 3 rings (SSSR count). The lowest BCUT2D eigenvalue weighted by molar-refractivity contribution is 0.102. The average molecular weight is 342 g/mol. The second kappa shape index (κ2) is 11.2. The first-order valence-corrected chi connectivity index (χ1v) is 9.33. The molecule has 0 spiro atoms. The van der Waals surface area contributed by atoms with E-state index in [0.717, 1.165) is 25.7 Å². The minimum atomic E-state index is -0.349. The Morgan fingerprint density at radius 1 is 0.960 bits per heavy atom. The molecule has 4 heteroatoms. The van der Waals surface area contributed by atoms with Gasteiger partial charge >= 0.3 is 0 Å². The summed E-state index contributed by atoms with van der Waals surface area (Å²) in [7, 11) is 0. The van der Waals surface area contributed by atoms with Crippen LogP contribution >= 0.6 is 0 Å². The summed E-state index contributed by atoms with van der Waals surface area (Å²) in [5.74, 6) is -0.349. The second-order valence-electron chi connectivity index (χ2n) is 5.39. The number of amides is 1. The molecule has 2 aromatic rings. The van der Waals surface area contributed by atoms with Gasteiger partial charge in [0.2, 0.25) is 0 Å². The Kier molecular flexibility index (Phi) is 9.30. The number of nitrogens with one attached hydrogen (secondary N) is 1. The zero-order chi connectivity index (χ0) is 18.7. The number of anilines is 1. The molecular weight excluding hydrogens is 312 g/mol. The molecule has 0 radical (unpaired) electrons. The topological polar surface area (TPSA) is 51.1 Å². The van der Waals surface area contributed by atoms with E-state index in [9.17, 15) is 9.59 Å². The van der Waals surface area contributed by atoms with Crippen LogP contribution in [0.4, 0.5) is 5.69 Å². The molecule has 136 valence electrons. The van der Waals surface area contributed by atoms with E-state index >= 15 is 0 Å². The van der Waals surface area contributed by atoms with Crippen LogP contribution in [0.3, 0.4) is 0 Å². The number of aromatic nitrogens is 1. The van der Waals surface area contributed by atoms with Gasteiger partial charge in [-0.15, -0.1) is 0 Å².